The van der Waals surface area contributed by atoms with Crippen LogP contribution in [0.25, 0.3) is 0 Å². The molecule has 0 fully saturated rings. The first-order chi connectivity index (χ1) is 16.8. The zero-order valence-corrected chi connectivity index (χ0v) is 19.3. The summed E-state index contributed by atoms with van der Waals surface area (Å²) in [6.07, 6.45) is -0.945. The molecule has 180 valence electrons. The van der Waals surface area contributed by atoms with Gasteiger partial charge in [0.15, 0.2) is 0 Å². The molecule has 0 saturated heterocycles. The molecule has 0 aromatic heterocycles. The molecule has 3 aromatic rings. The monoisotopic (exact) mass is 495 g/mol. The highest BCUT2D eigenvalue weighted by atomic mass is 32.2. The Kier molecular flexibility index (Phi) is 7.21. The van der Waals surface area contributed by atoms with Gasteiger partial charge in [-0.15, -0.1) is 0 Å². The number of sulfonamides is 1. The van der Waals surface area contributed by atoms with Crippen molar-refractivity contribution in [2.75, 3.05) is 11.9 Å². The van der Waals surface area contributed by atoms with E-state index >= 15 is 0 Å². The van der Waals surface area contributed by atoms with Gasteiger partial charge >= 0.3 is 5.97 Å². The number of ether oxygens (including phenoxy) is 1. The first kappa shape index (κ1) is 24.1. The van der Waals surface area contributed by atoms with Gasteiger partial charge in [-0.25, -0.2) is 12.8 Å². The molecule has 1 atom stereocenters. The van der Waals surface area contributed by atoms with Crippen molar-refractivity contribution in [3.8, 4) is 0 Å². The molecule has 1 aliphatic heterocycles. The smallest absolute Gasteiger partial charge is 0.306 e. The molecule has 1 aliphatic rings. The van der Waals surface area contributed by atoms with Crippen LogP contribution in [-0.4, -0.2) is 32.7 Å². The van der Waals surface area contributed by atoms with Crippen molar-refractivity contribution in [2.24, 2.45) is 4.99 Å². The zero-order valence-electron chi connectivity index (χ0n) is 18.5. The van der Waals surface area contributed by atoms with Crippen LogP contribution in [0, 0.1) is 5.82 Å². The van der Waals surface area contributed by atoms with Gasteiger partial charge in [0.05, 0.1) is 4.90 Å². The number of hydrogen-bond donors (Lipinski definition) is 2. The van der Waals surface area contributed by atoms with E-state index in [1.807, 2.05) is 0 Å². The fraction of sp³-hybridized carbons (Fsp3) is 0.160. The molecule has 0 unspecified atom stereocenters. The van der Waals surface area contributed by atoms with Crippen LogP contribution in [0.15, 0.2) is 88.8 Å². The average molecular weight is 496 g/mol. The van der Waals surface area contributed by atoms with Gasteiger partial charge in [0, 0.05) is 29.8 Å². The number of nitrogens with one attached hydrogen (secondary N) is 2. The standard InChI is InChI=1S/C25H22FN3O5S/c26-18-12-14-19(15-13-18)28-25(31)23(17-7-2-1-3-8-17)34-22(30)11-6-16-27-24-20-9-4-5-10-21(20)35(32,33)29-24/h1-5,7-10,12-15,23H,6,11,16H2,(H,27,29)(H,28,31)/t23-/m0/s1. The Bertz CT molecular complexity index is 1360. The molecule has 2 N–H and O–H groups in total. The number of rotatable bonds is 8. The first-order valence-electron chi connectivity index (χ1n) is 10.8. The third-order valence-electron chi connectivity index (χ3n) is 5.17. The highest BCUT2D eigenvalue weighted by Crippen LogP contribution is 2.23. The number of halogens is 1. The molecule has 1 heterocycles. The number of benzene rings is 3. The SMILES string of the molecule is O=C(CCCN=C1NS(=O)(=O)c2ccccc21)O[C@H](C(=O)Nc1ccc(F)cc1)c1ccccc1. The van der Waals surface area contributed by atoms with Crippen LogP contribution in [0.4, 0.5) is 10.1 Å². The quantitative estimate of drug-likeness (QED) is 0.366. The van der Waals surface area contributed by atoms with Crippen LogP contribution in [0.5, 0.6) is 0 Å². The number of anilines is 1. The van der Waals surface area contributed by atoms with Gasteiger partial charge in [0.1, 0.15) is 11.7 Å². The van der Waals surface area contributed by atoms with Gasteiger partial charge in [-0.1, -0.05) is 42.5 Å². The Hall–Kier alpha value is -4.05. The van der Waals surface area contributed by atoms with Crippen LogP contribution in [0.2, 0.25) is 0 Å². The van der Waals surface area contributed by atoms with Crippen LogP contribution in [-0.2, 0) is 24.3 Å². The van der Waals surface area contributed by atoms with Gasteiger partial charge in [-0.05, 0) is 42.8 Å². The van der Waals surface area contributed by atoms with Gasteiger partial charge < -0.3 is 10.1 Å². The van der Waals surface area contributed by atoms with Gasteiger partial charge in [-0.2, -0.15) is 0 Å². The number of fused-ring (bicyclic) bond motifs is 1. The number of carbonyl (C=O) groups is 2. The molecule has 0 bridgehead atoms. The highest BCUT2D eigenvalue weighted by Gasteiger charge is 2.30. The molecule has 10 heteroatoms. The molecule has 0 saturated carbocycles. The predicted molar refractivity (Wildman–Crippen MR) is 128 cm³/mol. The van der Waals surface area contributed by atoms with E-state index in [0.717, 1.165) is 0 Å². The van der Waals surface area contributed by atoms with Crippen molar-refractivity contribution < 1.29 is 27.1 Å². The number of aliphatic imine (C=N–C) groups is 1. The van der Waals surface area contributed by atoms with Crippen molar-refractivity contribution in [1.82, 2.24) is 4.72 Å². The molecule has 0 radical (unpaired) electrons. The summed E-state index contributed by atoms with van der Waals surface area (Å²) in [4.78, 5) is 29.8. The number of amidine groups is 1. The largest absolute Gasteiger partial charge is 0.447 e. The lowest BCUT2D eigenvalue weighted by Crippen LogP contribution is -2.26. The van der Waals surface area contributed by atoms with E-state index < -0.39 is 33.8 Å². The summed E-state index contributed by atoms with van der Waals surface area (Å²) in [5, 5.41) is 2.62. The average Bonchev–Trinajstić information content (AvgIpc) is 3.12. The van der Waals surface area contributed by atoms with Crippen LogP contribution in [0.3, 0.4) is 0 Å². The van der Waals surface area contributed by atoms with Crippen LogP contribution < -0.4 is 10.0 Å². The lowest BCUT2D eigenvalue weighted by molar-refractivity contribution is -0.154. The minimum absolute atomic E-state index is 0.0294. The maximum absolute atomic E-state index is 13.2. The van der Waals surface area contributed by atoms with Gasteiger partial charge in [-0.3, -0.25) is 19.3 Å². The Balaban J connectivity index is 1.37. The van der Waals surface area contributed by atoms with Gasteiger partial charge in [0.2, 0.25) is 6.10 Å². The van der Waals surface area contributed by atoms with Crippen molar-refractivity contribution in [1.29, 1.82) is 0 Å². The number of hydrogen-bond acceptors (Lipinski definition) is 6. The molecular weight excluding hydrogens is 473 g/mol. The van der Waals surface area contributed by atoms with Crippen LogP contribution >= 0.6 is 0 Å². The minimum Gasteiger partial charge on any atom is -0.447 e. The van der Waals surface area contributed by atoms with E-state index in [4.69, 9.17) is 4.74 Å². The molecule has 3 aromatic carbocycles. The fourth-order valence-electron chi connectivity index (χ4n) is 3.50. The normalized spacial score (nSPS) is 15.6. The van der Waals surface area contributed by atoms with E-state index in [0.29, 0.717) is 16.8 Å². The summed E-state index contributed by atoms with van der Waals surface area (Å²) in [7, 11) is -3.63. The van der Waals surface area contributed by atoms with E-state index in [1.54, 1.807) is 48.5 Å². The minimum atomic E-state index is -3.63. The van der Waals surface area contributed by atoms with Crippen molar-refractivity contribution in [3.63, 3.8) is 0 Å². The molecule has 4 rings (SSSR count). The summed E-state index contributed by atoms with van der Waals surface area (Å²) in [6, 6.07) is 20.3. The fourth-order valence-corrected chi connectivity index (χ4v) is 4.75. The molecular formula is C25H22FN3O5S. The molecule has 1 amide bonds. The van der Waals surface area contributed by atoms with E-state index in [9.17, 15) is 22.4 Å². The topological polar surface area (TPSA) is 114 Å². The Morgan fingerprint density at radius 2 is 1.66 bits per heavy atom. The molecule has 0 aliphatic carbocycles. The second kappa shape index (κ2) is 10.5. The molecule has 0 spiro atoms. The van der Waals surface area contributed by atoms with E-state index in [-0.39, 0.29) is 30.1 Å². The number of esters is 1. The highest BCUT2D eigenvalue weighted by molar-refractivity contribution is 7.90. The van der Waals surface area contributed by atoms with Crippen LogP contribution in [0.1, 0.15) is 30.1 Å². The molecule has 35 heavy (non-hydrogen) atoms. The molecule has 8 nitrogen and oxygen atoms in total. The summed E-state index contributed by atoms with van der Waals surface area (Å²) in [6.45, 7) is 0.180. The van der Waals surface area contributed by atoms with Crippen molar-refractivity contribution >= 4 is 33.4 Å². The van der Waals surface area contributed by atoms with Gasteiger partial charge in [0.25, 0.3) is 15.9 Å². The number of amides is 1. The first-order valence-corrected chi connectivity index (χ1v) is 12.3. The number of carbonyl (C=O) groups excluding carboxylic acids is 2. The third kappa shape index (κ3) is 5.90. The summed E-state index contributed by atoms with van der Waals surface area (Å²) >= 11 is 0. The third-order valence-corrected chi connectivity index (χ3v) is 6.57. The lowest BCUT2D eigenvalue weighted by Gasteiger charge is -2.18. The van der Waals surface area contributed by atoms with E-state index in [2.05, 4.69) is 15.0 Å². The second-order valence-corrected chi connectivity index (χ2v) is 9.36. The van der Waals surface area contributed by atoms with Crippen molar-refractivity contribution in [3.05, 3.63) is 95.8 Å². The number of nitrogens with zero attached hydrogens (tertiary/aromatic N) is 1. The maximum atomic E-state index is 13.2. The maximum Gasteiger partial charge on any atom is 0.306 e. The Morgan fingerprint density at radius 3 is 2.40 bits per heavy atom. The lowest BCUT2D eigenvalue weighted by atomic mass is 10.1. The zero-order chi connectivity index (χ0) is 24.8. The summed E-state index contributed by atoms with van der Waals surface area (Å²) in [5.41, 5.74) is 1.33. The summed E-state index contributed by atoms with van der Waals surface area (Å²) < 4.78 is 45.3. The Labute approximate surface area is 201 Å². The van der Waals surface area contributed by atoms with E-state index in [1.165, 1.54) is 30.3 Å². The summed E-state index contributed by atoms with van der Waals surface area (Å²) in [5.74, 6) is -1.39. The second-order valence-electron chi connectivity index (χ2n) is 7.71. The predicted octanol–water partition coefficient (Wildman–Crippen LogP) is 3.57. The van der Waals surface area contributed by atoms with Crippen molar-refractivity contribution in [2.45, 2.75) is 23.8 Å². The Morgan fingerprint density at radius 1 is 0.971 bits per heavy atom.